The van der Waals surface area contributed by atoms with Crippen molar-refractivity contribution in [1.82, 2.24) is 0 Å². The molecule has 0 aliphatic rings. The molecule has 0 atom stereocenters. The van der Waals surface area contributed by atoms with Gasteiger partial charge in [0.25, 0.3) is 0 Å². The van der Waals surface area contributed by atoms with Crippen LogP contribution in [0.3, 0.4) is 0 Å². The highest BCUT2D eigenvalue weighted by atomic mass is 28.4. The zero-order chi connectivity index (χ0) is 11.5. The van der Waals surface area contributed by atoms with E-state index in [0.717, 1.165) is 18.5 Å². The van der Waals surface area contributed by atoms with Crippen molar-refractivity contribution in [3.05, 3.63) is 29.3 Å². The molecule has 1 aromatic carbocycles. The van der Waals surface area contributed by atoms with Crippen LogP contribution in [0.5, 0.6) is 5.75 Å². The van der Waals surface area contributed by atoms with Crippen LogP contribution in [-0.2, 0) is 6.42 Å². The molecule has 0 radical (unpaired) electrons. The minimum absolute atomic E-state index is 0.664. The van der Waals surface area contributed by atoms with E-state index in [2.05, 4.69) is 26.6 Å². The molecule has 0 heterocycles. The molecule has 0 unspecified atom stereocenters. The average Bonchev–Trinajstić information content (AvgIpc) is 2.16. The first-order chi connectivity index (χ1) is 6.96. The average molecular weight is 222 g/mol. The Labute approximate surface area is 92.4 Å². The lowest BCUT2D eigenvalue weighted by atomic mass is 10.1. The van der Waals surface area contributed by atoms with E-state index >= 15 is 0 Å². The number of rotatable bonds is 4. The second-order valence-electron chi connectivity index (χ2n) is 4.56. The first kappa shape index (κ1) is 12.0. The van der Waals surface area contributed by atoms with Crippen LogP contribution in [0.2, 0.25) is 19.6 Å². The molecule has 1 aromatic rings. The smallest absolute Gasteiger partial charge is 0.242 e. The van der Waals surface area contributed by atoms with E-state index in [4.69, 9.17) is 4.43 Å². The highest BCUT2D eigenvalue weighted by Gasteiger charge is 2.18. The summed E-state index contributed by atoms with van der Waals surface area (Å²) in [6.07, 6.45) is 1.81. The summed E-state index contributed by atoms with van der Waals surface area (Å²) in [4.78, 5) is 10.9. The lowest BCUT2D eigenvalue weighted by Crippen LogP contribution is -2.29. The van der Waals surface area contributed by atoms with E-state index in [1.165, 1.54) is 5.56 Å². The summed E-state index contributed by atoms with van der Waals surface area (Å²) in [7, 11) is -1.63. The third-order valence-electron chi connectivity index (χ3n) is 2.03. The fraction of sp³-hybridized carbons (Fsp3) is 0.417. The molecule has 0 aliphatic carbocycles. The van der Waals surface area contributed by atoms with Crippen LogP contribution in [0.4, 0.5) is 0 Å². The quantitative estimate of drug-likeness (QED) is 0.577. The van der Waals surface area contributed by atoms with Gasteiger partial charge in [0.15, 0.2) is 6.29 Å². The monoisotopic (exact) mass is 222 g/mol. The third kappa shape index (κ3) is 3.51. The fourth-order valence-electron chi connectivity index (χ4n) is 1.33. The zero-order valence-electron chi connectivity index (χ0n) is 9.83. The van der Waals surface area contributed by atoms with Gasteiger partial charge < -0.3 is 4.43 Å². The standard InChI is InChI=1S/C12H18O2Si/c1-5-10-6-7-12(11(8-10)9-13)14-15(2,3)4/h6-9H,5H2,1-4H3. The van der Waals surface area contributed by atoms with Crippen molar-refractivity contribution in [2.75, 3.05) is 0 Å². The maximum Gasteiger partial charge on any atom is 0.242 e. The second kappa shape index (κ2) is 4.62. The van der Waals surface area contributed by atoms with Crippen molar-refractivity contribution >= 4 is 14.6 Å². The summed E-state index contributed by atoms with van der Waals surface area (Å²) in [5, 5.41) is 0. The maximum absolute atomic E-state index is 10.9. The van der Waals surface area contributed by atoms with Crippen LogP contribution in [0, 0.1) is 0 Å². The number of hydrogen-bond acceptors (Lipinski definition) is 2. The lowest BCUT2D eigenvalue weighted by molar-refractivity contribution is 0.112. The van der Waals surface area contributed by atoms with Gasteiger partial charge in [-0.3, -0.25) is 4.79 Å². The van der Waals surface area contributed by atoms with Crippen LogP contribution in [0.25, 0.3) is 0 Å². The maximum atomic E-state index is 10.9. The Hall–Kier alpha value is -1.09. The molecular weight excluding hydrogens is 204 g/mol. The Kier molecular flexibility index (Phi) is 3.69. The number of carbonyl (C=O) groups excluding carboxylic acids is 1. The second-order valence-corrected chi connectivity index (χ2v) is 8.99. The van der Waals surface area contributed by atoms with Gasteiger partial charge >= 0.3 is 0 Å². The largest absolute Gasteiger partial charge is 0.544 e. The number of benzene rings is 1. The van der Waals surface area contributed by atoms with Crippen LogP contribution in [0.1, 0.15) is 22.8 Å². The predicted molar refractivity (Wildman–Crippen MR) is 65.2 cm³/mol. The van der Waals surface area contributed by atoms with Gasteiger partial charge in [-0.2, -0.15) is 0 Å². The van der Waals surface area contributed by atoms with Gasteiger partial charge in [-0.05, 0) is 43.8 Å². The minimum Gasteiger partial charge on any atom is -0.544 e. The molecule has 1 rings (SSSR count). The van der Waals surface area contributed by atoms with Gasteiger partial charge in [-0.15, -0.1) is 0 Å². The molecule has 0 fully saturated rings. The first-order valence-corrected chi connectivity index (χ1v) is 8.64. The van der Waals surface area contributed by atoms with Crippen molar-refractivity contribution in [2.24, 2.45) is 0 Å². The normalized spacial score (nSPS) is 11.2. The molecule has 0 N–H and O–H groups in total. The molecule has 3 heteroatoms. The Balaban J connectivity index is 3.03. The molecule has 2 nitrogen and oxygen atoms in total. The number of aldehydes is 1. The van der Waals surface area contributed by atoms with Gasteiger partial charge in [0.05, 0.1) is 5.56 Å². The number of carbonyl (C=O) groups is 1. The molecule has 0 spiro atoms. The summed E-state index contributed by atoms with van der Waals surface area (Å²) in [5.41, 5.74) is 1.83. The predicted octanol–water partition coefficient (Wildman–Crippen LogP) is 3.28. The Morgan fingerprint density at radius 3 is 2.47 bits per heavy atom. The highest BCUT2D eigenvalue weighted by Crippen LogP contribution is 2.22. The van der Waals surface area contributed by atoms with Gasteiger partial charge in [-0.1, -0.05) is 13.0 Å². The molecule has 0 bridgehead atoms. The lowest BCUT2D eigenvalue weighted by Gasteiger charge is -2.20. The summed E-state index contributed by atoms with van der Waals surface area (Å²) < 4.78 is 5.83. The molecule has 0 aliphatic heterocycles. The molecule has 15 heavy (non-hydrogen) atoms. The fourth-order valence-corrected chi connectivity index (χ4v) is 2.18. The van der Waals surface area contributed by atoms with Crippen LogP contribution in [0.15, 0.2) is 18.2 Å². The zero-order valence-corrected chi connectivity index (χ0v) is 10.8. The SMILES string of the molecule is CCc1ccc(O[Si](C)(C)C)c(C=O)c1. The molecular formula is C12H18O2Si. The van der Waals surface area contributed by atoms with Gasteiger partial charge in [0, 0.05) is 0 Å². The summed E-state index contributed by atoms with van der Waals surface area (Å²) in [6, 6.07) is 5.83. The highest BCUT2D eigenvalue weighted by molar-refractivity contribution is 6.70. The van der Waals surface area contributed by atoms with Crippen LogP contribution >= 0.6 is 0 Å². The van der Waals surface area contributed by atoms with Crippen molar-refractivity contribution in [3.8, 4) is 5.75 Å². The van der Waals surface area contributed by atoms with Gasteiger partial charge in [-0.25, -0.2) is 0 Å². The van der Waals surface area contributed by atoms with E-state index in [1.54, 1.807) is 0 Å². The molecule has 0 aromatic heterocycles. The topological polar surface area (TPSA) is 26.3 Å². The van der Waals surface area contributed by atoms with Crippen LogP contribution in [-0.4, -0.2) is 14.6 Å². The van der Waals surface area contributed by atoms with E-state index in [-0.39, 0.29) is 0 Å². The van der Waals surface area contributed by atoms with Crippen molar-refractivity contribution < 1.29 is 9.22 Å². The van der Waals surface area contributed by atoms with Gasteiger partial charge in [0.1, 0.15) is 5.75 Å². The van der Waals surface area contributed by atoms with Crippen molar-refractivity contribution in [2.45, 2.75) is 33.0 Å². The van der Waals surface area contributed by atoms with E-state index in [1.807, 2.05) is 18.2 Å². The van der Waals surface area contributed by atoms with E-state index < -0.39 is 8.32 Å². The Morgan fingerprint density at radius 1 is 1.33 bits per heavy atom. The van der Waals surface area contributed by atoms with Crippen molar-refractivity contribution in [1.29, 1.82) is 0 Å². The van der Waals surface area contributed by atoms with Gasteiger partial charge in [0.2, 0.25) is 8.32 Å². The summed E-state index contributed by atoms with van der Waals surface area (Å²) >= 11 is 0. The number of hydrogen-bond donors (Lipinski definition) is 0. The number of aryl methyl sites for hydroxylation is 1. The van der Waals surface area contributed by atoms with Crippen molar-refractivity contribution in [3.63, 3.8) is 0 Å². The summed E-state index contributed by atoms with van der Waals surface area (Å²) in [5.74, 6) is 0.723. The summed E-state index contributed by atoms with van der Waals surface area (Å²) in [6.45, 7) is 8.39. The first-order valence-electron chi connectivity index (χ1n) is 5.23. The molecule has 82 valence electrons. The van der Waals surface area contributed by atoms with Crippen LogP contribution < -0.4 is 4.43 Å². The molecule has 0 saturated carbocycles. The molecule has 0 amide bonds. The Morgan fingerprint density at radius 2 is 2.00 bits per heavy atom. The van der Waals surface area contributed by atoms with E-state index in [0.29, 0.717) is 5.56 Å². The molecule has 0 saturated heterocycles. The minimum atomic E-state index is -1.63. The van der Waals surface area contributed by atoms with E-state index in [9.17, 15) is 4.79 Å². The Bertz CT molecular complexity index is 353. The third-order valence-corrected chi connectivity index (χ3v) is 2.86.